The lowest BCUT2D eigenvalue weighted by Gasteiger charge is -2.19. The number of ether oxygens (including phenoxy) is 1. The zero-order chi connectivity index (χ0) is 12.8. The summed E-state index contributed by atoms with van der Waals surface area (Å²) in [4.78, 5) is 10.5. The molecule has 0 saturated heterocycles. The number of likely N-dealkylation sites (N-methyl/N-ethyl adjacent to an activating group) is 1. The van der Waals surface area contributed by atoms with Crippen molar-refractivity contribution in [1.29, 1.82) is 0 Å². The normalized spacial score (nSPS) is 10.7. The van der Waals surface area contributed by atoms with Gasteiger partial charge in [-0.3, -0.25) is 0 Å². The number of nitrogens with one attached hydrogen (secondary N) is 1. The third kappa shape index (κ3) is 4.54. The minimum Gasteiger partial charge on any atom is -0.377 e. The maximum atomic E-state index is 5.50. The number of hydrogen-bond acceptors (Lipinski definition) is 6. The van der Waals surface area contributed by atoms with Crippen LogP contribution in [0.2, 0.25) is 0 Å². The maximum Gasteiger partial charge on any atom is 0.145 e. The lowest BCUT2D eigenvalue weighted by molar-refractivity contribution is 0.0845. The van der Waals surface area contributed by atoms with Crippen LogP contribution in [0.4, 0.5) is 11.6 Å². The average molecular weight is 239 g/mol. The first-order valence-electron chi connectivity index (χ1n) is 5.68. The highest BCUT2D eigenvalue weighted by Crippen LogP contribution is 2.13. The highest BCUT2D eigenvalue weighted by atomic mass is 16.5. The number of hydrazine groups is 1. The predicted molar refractivity (Wildman–Crippen MR) is 68.9 cm³/mol. The van der Waals surface area contributed by atoms with Gasteiger partial charge in [-0.1, -0.05) is 0 Å². The number of aryl methyl sites for hydroxylation is 1. The SMILES string of the molecule is Cc1nc(NN)cc(N(C)CCOC(C)C)n1. The summed E-state index contributed by atoms with van der Waals surface area (Å²) in [6.45, 7) is 7.32. The van der Waals surface area contributed by atoms with Gasteiger partial charge < -0.3 is 15.1 Å². The van der Waals surface area contributed by atoms with Crippen molar-refractivity contribution < 1.29 is 4.74 Å². The van der Waals surface area contributed by atoms with E-state index in [0.29, 0.717) is 18.2 Å². The Labute approximate surface area is 102 Å². The fourth-order valence-electron chi connectivity index (χ4n) is 1.36. The third-order valence-corrected chi connectivity index (χ3v) is 2.24. The van der Waals surface area contributed by atoms with Gasteiger partial charge in [-0.25, -0.2) is 15.8 Å². The summed E-state index contributed by atoms with van der Waals surface area (Å²) in [5, 5.41) is 0. The Kier molecular flexibility index (Phi) is 5.11. The van der Waals surface area contributed by atoms with Gasteiger partial charge in [0, 0.05) is 19.7 Å². The molecule has 0 amide bonds. The quantitative estimate of drug-likeness (QED) is 0.568. The van der Waals surface area contributed by atoms with E-state index in [-0.39, 0.29) is 6.10 Å². The van der Waals surface area contributed by atoms with Gasteiger partial charge in [0.25, 0.3) is 0 Å². The molecule has 6 nitrogen and oxygen atoms in total. The van der Waals surface area contributed by atoms with Gasteiger partial charge in [0.15, 0.2) is 0 Å². The number of nitrogen functional groups attached to an aromatic ring is 1. The Balaban J connectivity index is 2.61. The van der Waals surface area contributed by atoms with Gasteiger partial charge in [-0.15, -0.1) is 0 Å². The maximum absolute atomic E-state index is 5.50. The molecule has 6 heteroatoms. The van der Waals surface area contributed by atoms with Gasteiger partial charge in [0.05, 0.1) is 12.7 Å². The molecule has 0 bridgehead atoms. The first-order valence-corrected chi connectivity index (χ1v) is 5.68. The van der Waals surface area contributed by atoms with E-state index in [1.54, 1.807) is 0 Å². The van der Waals surface area contributed by atoms with Crippen LogP contribution in [0.15, 0.2) is 6.07 Å². The van der Waals surface area contributed by atoms with Gasteiger partial charge in [-0.05, 0) is 20.8 Å². The molecule has 0 unspecified atom stereocenters. The molecular weight excluding hydrogens is 218 g/mol. The summed E-state index contributed by atoms with van der Waals surface area (Å²) >= 11 is 0. The molecule has 1 rings (SSSR count). The van der Waals surface area contributed by atoms with Crippen molar-refractivity contribution in [2.45, 2.75) is 26.9 Å². The number of nitrogens with zero attached hydrogens (tertiary/aromatic N) is 3. The van der Waals surface area contributed by atoms with Crippen molar-refractivity contribution in [2.24, 2.45) is 5.84 Å². The van der Waals surface area contributed by atoms with E-state index in [1.807, 2.05) is 38.8 Å². The summed E-state index contributed by atoms with van der Waals surface area (Å²) in [6, 6.07) is 1.81. The smallest absolute Gasteiger partial charge is 0.145 e. The molecular formula is C11H21N5O. The molecule has 0 aliphatic carbocycles. The lowest BCUT2D eigenvalue weighted by atomic mass is 10.4. The van der Waals surface area contributed by atoms with E-state index >= 15 is 0 Å². The largest absolute Gasteiger partial charge is 0.377 e. The van der Waals surface area contributed by atoms with Crippen LogP contribution in [0.5, 0.6) is 0 Å². The Morgan fingerprint density at radius 3 is 2.76 bits per heavy atom. The summed E-state index contributed by atoms with van der Waals surface area (Å²) in [5.41, 5.74) is 2.53. The first-order chi connectivity index (χ1) is 8.02. The Morgan fingerprint density at radius 1 is 1.47 bits per heavy atom. The average Bonchev–Trinajstić information content (AvgIpc) is 2.27. The number of hydrogen-bond donors (Lipinski definition) is 2. The number of anilines is 2. The molecule has 0 aromatic carbocycles. The lowest BCUT2D eigenvalue weighted by Crippen LogP contribution is -2.25. The molecule has 1 heterocycles. The second-order valence-electron chi connectivity index (χ2n) is 4.14. The van der Waals surface area contributed by atoms with E-state index in [9.17, 15) is 0 Å². The van der Waals surface area contributed by atoms with Crippen molar-refractivity contribution in [1.82, 2.24) is 9.97 Å². The van der Waals surface area contributed by atoms with Crippen LogP contribution < -0.4 is 16.2 Å². The zero-order valence-electron chi connectivity index (χ0n) is 10.9. The van der Waals surface area contributed by atoms with E-state index in [4.69, 9.17) is 10.6 Å². The molecule has 1 aromatic heterocycles. The minimum absolute atomic E-state index is 0.247. The molecule has 0 aliphatic heterocycles. The van der Waals surface area contributed by atoms with Crippen molar-refractivity contribution in [3.05, 3.63) is 11.9 Å². The molecule has 0 spiro atoms. The number of nitrogens with two attached hydrogens (primary N) is 1. The Bertz CT molecular complexity index is 356. The van der Waals surface area contributed by atoms with Crippen molar-refractivity contribution in [3.8, 4) is 0 Å². The summed E-state index contributed by atoms with van der Waals surface area (Å²) in [6.07, 6.45) is 0.247. The molecule has 1 aromatic rings. The van der Waals surface area contributed by atoms with Crippen molar-refractivity contribution in [2.75, 3.05) is 30.5 Å². The van der Waals surface area contributed by atoms with Crippen LogP contribution in [-0.4, -0.2) is 36.3 Å². The monoisotopic (exact) mass is 239 g/mol. The highest BCUT2D eigenvalue weighted by Gasteiger charge is 2.06. The topological polar surface area (TPSA) is 76.3 Å². The van der Waals surface area contributed by atoms with E-state index in [1.165, 1.54) is 0 Å². The van der Waals surface area contributed by atoms with E-state index in [0.717, 1.165) is 12.4 Å². The highest BCUT2D eigenvalue weighted by molar-refractivity contribution is 5.48. The molecule has 0 radical (unpaired) electrons. The minimum atomic E-state index is 0.247. The van der Waals surface area contributed by atoms with Gasteiger partial charge in [0.2, 0.25) is 0 Å². The number of aromatic nitrogens is 2. The van der Waals surface area contributed by atoms with E-state index in [2.05, 4.69) is 15.4 Å². The predicted octanol–water partition coefficient (Wildman–Crippen LogP) is 0.932. The molecule has 0 atom stereocenters. The molecule has 3 N–H and O–H groups in total. The van der Waals surface area contributed by atoms with Crippen molar-refractivity contribution >= 4 is 11.6 Å². The van der Waals surface area contributed by atoms with Gasteiger partial charge in [-0.2, -0.15) is 0 Å². The van der Waals surface area contributed by atoms with Crippen LogP contribution >= 0.6 is 0 Å². The molecule has 0 fully saturated rings. The van der Waals surface area contributed by atoms with Crippen molar-refractivity contribution in [3.63, 3.8) is 0 Å². The molecule has 96 valence electrons. The van der Waals surface area contributed by atoms with Crippen LogP contribution in [0, 0.1) is 6.92 Å². The fraction of sp³-hybridized carbons (Fsp3) is 0.636. The number of rotatable bonds is 6. The summed E-state index contributed by atoms with van der Waals surface area (Å²) < 4.78 is 5.50. The Morgan fingerprint density at radius 2 is 2.18 bits per heavy atom. The molecule has 17 heavy (non-hydrogen) atoms. The molecule has 0 aliphatic rings. The standard InChI is InChI=1S/C11H21N5O/c1-8(2)17-6-5-16(4)11-7-10(15-12)13-9(3)14-11/h7-8H,5-6,12H2,1-4H3,(H,13,14,15). The first kappa shape index (κ1) is 13.7. The van der Waals surface area contributed by atoms with Gasteiger partial charge >= 0.3 is 0 Å². The van der Waals surface area contributed by atoms with E-state index < -0.39 is 0 Å². The van der Waals surface area contributed by atoms with Crippen LogP contribution in [0.25, 0.3) is 0 Å². The molecule has 0 saturated carbocycles. The zero-order valence-corrected chi connectivity index (χ0v) is 10.9. The third-order valence-electron chi connectivity index (χ3n) is 2.24. The van der Waals surface area contributed by atoms with Crippen LogP contribution in [0.1, 0.15) is 19.7 Å². The van der Waals surface area contributed by atoms with Gasteiger partial charge in [0.1, 0.15) is 17.5 Å². The second-order valence-corrected chi connectivity index (χ2v) is 4.14. The summed E-state index contributed by atoms with van der Waals surface area (Å²) in [7, 11) is 1.96. The fourth-order valence-corrected chi connectivity index (χ4v) is 1.36. The summed E-state index contributed by atoms with van der Waals surface area (Å²) in [5.74, 6) is 7.48. The van der Waals surface area contributed by atoms with Crippen LogP contribution in [-0.2, 0) is 4.74 Å². The second kappa shape index (κ2) is 6.36. The Hall–Kier alpha value is -1.40. The van der Waals surface area contributed by atoms with Crippen LogP contribution in [0.3, 0.4) is 0 Å².